The van der Waals surface area contributed by atoms with Gasteiger partial charge in [-0.25, -0.2) is 0 Å². The molecule has 0 unspecified atom stereocenters. The van der Waals surface area contributed by atoms with Gasteiger partial charge < -0.3 is 10.2 Å². The highest BCUT2D eigenvalue weighted by atomic mass is 15.1. The molecule has 2 nitrogen and oxygen atoms in total. The maximum Gasteiger partial charge on any atom is 0.0104 e. The molecule has 1 aliphatic carbocycles. The summed E-state index contributed by atoms with van der Waals surface area (Å²) in [5.74, 6) is 0.842. The van der Waals surface area contributed by atoms with Crippen LogP contribution in [0.1, 0.15) is 59.3 Å². The molecule has 1 rings (SSSR count). The van der Waals surface area contributed by atoms with Crippen LogP contribution in [0.3, 0.4) is 0 Å². The predicted octanol–water partition coefficient (Wildman–Crippen LogP) is 3.52. The van der Waals surface area contributed by atoms with Crippen LogP contribution in [0.25, 0.3) is 0 Å². The molecule has 0 aliphatic heterocycles. The van der Waals surface area contributed by atoms with Crippen LogP contribution < -0.4 is 5.32 Å². The van der Waals surface area contributed by atoms with Gasteiger partial charge in [-0.05, 0) is 50.6 Å². The Morgan fingerprint density at radius 1 is 1.17 bits per heavy atom. The van der Waals surface area contributed by atoms with Crippen LogP contribution in [-0.4, -0.2) is 38.1 Å². The summed E-state index contributed by atoms with van der Waals surface area (Å²) in [4.78, 5) is 2.55. The summed E-state index contributed by atoms with van der Waals surface area (Å²) >= 11 is 0. The molecule has 1 fully saturated rings. The maximum atomic E-state index is 3.50. The Morgan fingerprint density at radius 3 is 2.39 bits per heavy atom. The summed E-state index contributed by atoms with van der Waals surface area (Å²) in [6.45, 7) is 11.8. The number of nitrogens with one attached hydrogen (secondary N) is 1. The molecule has 1 saturated carbocycles. The summed E-state index contributed by atoms with van der Waals surface area (Å²) in [6.07, 6.45) is 8.47. The van der Waals surface area contributed by atoms with Crippen LogP contribution in [0, 0.1) is 11.3 Å². The minimum absolute atomic E-state index is 0.633. The molecule has 0 aromatic rings. The molecule has 1 aliphatic rings. The molecule has 0 saturated heterocycles. The average Bonchev–Trinajstić information content (AvgIpc) is 2.71. The second-order valence-electron chi connectivity index (χ2n) is 6.79. The van der Waals surface area contributed by atoms with Gasteiger partial charge in [-0.1, -0.05) is 33.6 Å². The number of likely N-dealkylation sites (N-methyl/N-ethyl adjacent to an activating group) is 1. The van der Waals surface area contributed by atoms with Gasteiger partial charge in [0.05, 0.1) is 0 Å². The smallest absolute Gasteiger partial charge is 0.0104 e. The summed E-state index contributed by atoms with van der Waals surface area (Å²) in [5.41, 5.74) is 0.633. The number of hydrogen-bond acceptors (Lipinski definition) is 2. The van der Waals surface area contributed by atoms with Crippen LogP contribution in [0.2, 0.25) is 0 Å². The van der Waals surface area contributed by atoms with E-state index < -0.39 is 0 Å². The van der Waals surface area contributed by atoms with E-state index in [0.29, 0.717) is 5.41 Å². The fourth-order valence-corrected chi connectivity index (χ4v) is 3.64. The molecule has 0 aromatic heterocycles. The van der Waals surface area contributed by atoms with Gasteiger partial charge >= 0.3 is 0 Å². The molecule has 0 radical (unpaired) electrons. The predicted molar refractivity (Wildman–Crippen MR) is 81.0 cm³/mol. The van der Waals surface area contributed by atoms with Gasteiger partial charge in [-0.2, -0.15) is 0 Å². The van der Waals surface area contributed by atoms with Gasteiger partial charge in [0.15, 0.2) is 0 Å². The van der Waals surface area contributed by atoms with Crippen molar-refractivity contribution in [2.45, 2.75) is 59.3 Å². The standard InChI is InChI=1S/C16H34N2/c1-5-10-17-11-12-18(4)14-16(13-15(2)3)8-6-7-9-16/h15,17H,5-14H2,1-4H3. The van der Waals surface area contributed by atoms with Gasteiger partial charge in [-0.3, -0.25) is 0 Å². The van der Waals surface area contributed by atoms with Crippen LogP contribution in [0.15, 0.2) is 0 Å². The third-order valence-electron chi connectivity index (χ3n) is 4.21. The zero-order valence-corrected chi connectivity index (χ0v) is 13.1. The van der Waals surface area contributed by atoms with E-state index in [9.17, 15) is 0 Å². The zero-order chi connectivity index (χ0) is 13.4. The van der Waals surface area contributed by atoms with Crippen molar-refractivity contribution >= 4 is 0 Å². The average molecular weight is 254 g/mol. The zero-order valence-electron chi connectivity index (χ0n) is 13.1. The van der Waals surface area contributed by atoms with E-state index in [4.69, 9.17) is 0 Å². The van der Waals surface area contributed by atoms with E-state index in [1.165, 1.54) is 51.6 Å². The van der Waals surface area contributed by atoms with Gasteiger partial charge in [0.1, 0.15) is 0 Å². The van der Waals surface area contributed by atoms with Crippen molar-refractivity contribution in [3.8, 4) is 0 Å². The summed E-state index contributed by atoms with van der Waals surface area (Å²) < 4.78 is 0. The fourth-order valence-electron chi connectivity index (χ4n) is 3.64. The Morgan fingerprint density at radius 2 is 1.83 bits per heavy atom. The topological polar surface area (TPSA) is 15.3 Å². The summed E-state index contributed by atoms with van der Waals surface area (Å²) in [5, 5.41) is 3.50. The molecule has 0 spiro atoms. The lowest BCUT2D eigenvalue weighted by molar-refractivity contribution is 0.148. The lowest BCUT2D eigenvalue weighted by Crippen LogP contribution is -2.38. The molecule has 0 atom stereocenters. The monoisotopic (exact) mass is 254 g/mol. The minimum atomic E-state index is 0.633. The summed E-state index contributed by atoms with van der Waals surface area (Å²) in [6, 6.07) is 0. The van der Waals surface area contributed by atoms with Crippen LogP contribution in [0.5, 0.6) is 0 Å². The largest absolute Gasteiger partial charge is 0.315 e. The van der Waals surface area contributed by atoms with Gasteiger partial charge in [0.25, 0.3) is 0 Å². The Labute approximate surface area is 115 Å². The molecule has 2 heteroatoms. The molecule has 1 N–H and O–H groups in total. The van der Waals surface area contributed by atoms with Crippen molar-refractivity contribution in [3.05, 3.63) is 0 Å². The van der Waals surface area contributed by atoms with Crippen molar-refractivity contribution in [2.24, 2.45) is 11.3 Å². The Balaban J connectivity index is 2.31. The molecule has 0 heterocycles. The van der Waals surface area contributed by atoms with Crippen molar-refractivity contribution in [1.82, 2.24) is 10.2 Å². The highest BCUT2D eigenvalue weighted by Gasteiger charge is 2.35. The van der Waals surface area contributed by atoms with Crippen molar-refractivity contribution in [1.29, 1.82) is 0 Å². The van der Waals surface area contributed by atoms with Crippen molar-refractivity contribution in [2.75, 3.05) is 33.2 Å². The van der Waals surface area contributed by atoms with E-state index >= 15 is 0 Å². The normalized spacial score (nSPS) is 19.0. The molecule has 0 bridgehead atoms. The molecular weight excluding hydrogens is 220 g/mol. The quantitative estimate of drug-likeness (QED) is 0.633. The van der Waals surface area contributed by atoms with E-state index in [1.54, 1.807) is 0 Å². The lowest BCUT2D eigenvalue weighted by atomic mass is 9.78. The Kier molecular flexibility index (Phi) is 7.25. The minimum Gasteiger partial charge on any atom is -0.315 e. The van der Waals surface area contributed by atoms with E-state index in [0.717, 1.165) is 19.0 Å². The number of hydrogen-bond donors (Lipinski definition) is 1. The first kappa shape index (κ1) is 16.0. The van der Waals surface area contributed by atoms with Crippen LogP contribution in [0.4, 0.5) is 0 Å². The second kappa shape index (κ2) is 8.16. The van der Waals surface area contributed by atoms with Crippen LogP contribution in [-0.2, 0) is 0 Å². The van der Waals surface area contributed by atoms with Crippen molar-refractivity contribution < 1.29 is 0 Å². The first-order valence-electron chi connectivity index (χ1n) is 7.97. The van der Waals surface area contributed by atoms with E-state index in [2.05, 4.69) is 38.0 Å². The van der Waals surface area contributed by atoms with Crippen LogP contribution >= 0.6 is 0 Å². The van der Waals surface area contributed by atoms with Gasteiger partial charge in [0, 0.05) is 19.6 Å². The van der Waals surface area contributed by atoms with E-state index in [1.807, 2.05) is 0 Å². The van der Waals surface area contributed by atoms with E-state index in [-0.39, 0.29) is 0 Å². The molecule has 0 amide bonds. The number of rotatable bonds is 9. The molecule has 18 heavy (non-hydrogen) atoms. The molecular formula is C16H34N2. The first-order chi connectivity index (χ1) is 8.58. The van der Waals surface area contributed by atoms with Crippen molar-refractivity contribution in [3.63, 3.8) is 0 Å². The Hall–Kier alpha value is -0.0800. The fraction of sp³-hybridized carbons (Fsp3) is 1.00. The van der Waals surface area contributed by atoms with Gasteiger partial charge in [0.2, 0.25) is 0 Å². The summed E-state index contributed by atoms with van der Waals surface area (Å²) in [7, 11) is 2.30. The highest BCUT2D eigenvalue weighted by Crippen LogP contribution is 2.43. The maximum absolute atomic E-state index is 3.50. The van der Waals surface area contributed by atoms with Gasteiger partial charge in [-0.15, -0.1) is 0 Å². The third-order valence-corrected chi connectivity index (χ3v) is 4.21. The molecule has 0 aromatic carbocycles. The molecule has 108 valence electrons. The Bertz CT molecular complexity index is 207. The SMILES string of the molecule is CCCNCCN(C)CC1(CC(C)C)CCCC1. The lowest BCUT2D eigenvalue weighted by Gasteiger charge is -2.35. The highest BCUT2D eigenvalue weighted by molar-refractivity contribution is 4.87. The second-order valence-corrected chi connectivity index (χ2v) is 6.79. The first-order valence-corrected chi connectivity index (χ1v) is 7.97. The third kappa shape index (κ3) is 5.71. The number of nitrogens with zero attached hydrogens (tertiary/aromatic N) is 1.